The first-order chi connectivity index (χ1) is 11.8. The molecule has 1 spiro atoms. The quantitative estimate of drug-likeness (QED) is 0.763. The van der Waals surface area contributed by atoms with Crippen LogP contribution in [0.15, 0.2) is 9.59 Å². The van der Waals surface area contributed by atoms with Crippen LogP contribution in [-0.2, 0) is 16.0 Å². The van der Waals surface area contributed by atoms with E-state index in [0.29, 0.717) is 38.2 Å². The molecule has 0 saturated carbocycles. The van der Waals surface area contributed by atoms with Crippen molar-refractivity contribution >= 4 is 12.0 Å². The van der Waals surface area contributed by atoms with Crippen LogP contribution in [0.4, 0.5) is 4.79 Å². The zero-order chi connectivity index (χ0) is 18.2. The van der Waals surface area contributed by atoms with E-state index in [1.165, 1.54) is 0 Å². The maximum Gasteiger partial charge on any atom is 0.410 e. The summed E-state index contributed by atoms with van der Waals surface area (Å²) in [5.41, 5.74) is -0.961. The van der Waals surface area contributed by atoms with E-state index in [1.807, 2.05) is 0 Å². The number of rotatable bonds is 2. The molecule has 136 valence electrons. The van der Waals surface area contributed by atoms with Crippen molar-refractivity contribution in [2.24, 2.45) is 0 Å². The predicted molar refractivity (Wildman–Crippen MR) is 88.4 cm³/mol. The van der Waals surface area contributed by atoms with Crippen LogP contribution in [0.2, 0.25) is 0 Å². The molecule has 1 atom stereocenters. The number of carbonyl (C=O) groups excluding carboxylic acids is 2. The van der Waals surface area contributed by atoms with E-state index in [2.05, 4.69) is 9.97 Å². The van der Waals surface area contributed by atoms with Crippen LogP contribution in [-0.4, -0.2) is 64.1 Å². The average molecular weight is 350 g/mol. The summed E-state index contributed by atoms with van der Waals surface area (Å²) < 4.78 is 5.53. The first-order valence-corrected chi connectivity index (χ1v) is 8.34. The second kappa shape index (κ2) is 6.38. The number of hydrogen-bond acceptors (Lipinski definition) is 5. The number of likely N-dealkylation sites (tertiary alicyclic amines) is 1. The highest BCUT2D eigenvalue weighted by Crippen LogP contribution is 2.32. The van der Waals surface area contributed by atoms with Crippen LogP contribution in [0.3, 0.4) is 0 Å². The molecule has 3 rings (SSSR count). The van der Waals surface area contributed by atoms with Gasteiger partial charge in [-0.05, 0) is 19.8 Å². The zero-order valence-corrected chi connectivity index (χ0v) is 14.4. The molecule has 9 heteroatoms. The lowest BCUT2D eigenvalue weighted by Crippen LogP contribution is -2.38. The molecule has 0 unspecified atom stereocenters. The van der Waals surface area contributed by atoms with Crippen molar-refractivity contribution in [3.05, 3.63) is 32.1 Å². The molecular weight excluding hydrogens is 328 g/mol. The summed E-state index contributed by atoms with van der Waals surface area (Å²) in [6, 6.07) is 0. The van der Waals surface area contributed by atoms with Crippen molar-refractivity contribution in [3.8, 4) is 0 Å². The molecule has 2 fully saturated rings. The summed E-state index contributed by atoms with van der Waals surface area (Å²) in [5.74, 6) is -0.171. The maximum absolute atomic E-state index is 12.6. The Morgan fingerprint density at radius 3 is 2.60 bits per heavy atom. The van der Waals surface area contributed by atoms with Gasteiger partial charge in [0.1, 0.15) is 5.60 Å². The fourth-order valence-electron chi connectivity index (χ4n) is 3.57. The van der Waals surface area contributed by atoms with Crippen LogP contribution >= 0.6 is 0 Å². The Balaban J connectivity index is 1.69. The molecule has 2 aliphatic heterocycles. The lowest BCUT2D eigenvalue weighted by molar-refractivity contribution is -0.130. The lowest BCUT2D eigenvalue weighted by atomic mass is 9.95. The van der Waals surface area contributed by atoms with Gasteiger partial charge in [0, 0.05) is 37.8 Å². The molecule has 0 bridgehead atoms. The van der Waals surface area contributed by atoms with Crippen molar-refractivity contribution in [2.45, 2.75) is 38.2 Å². The minimum absolute atomic E-state index is 0.0648. The van der Waals surface area contributed by atoms with Crippen LogP contribution in [0.5, 0.6) is 0 Å². The molecule has 2 saturated heterocycles. The first-order valence-electron chi connectivity index (χ1n) is 8.34. The third kappa shape index (κ3) is 3.45. The van der Waals surface area contributed by atoms with E-state index in [9.17, 15) is 19.2 Å². The van der Waals surface area contributed by atoms with Gasteiger partial charge >= 0.3 is 11.8 Å². The van der Waals surface area contributed by atoms with Crippen LogP contribution in [0, 0.1) is 6.92 Å². The van der Waals surface area contributed by atoms with E-state index in [0.717, 1.165) is 6.42 Å². The van der Waals surface area contributed by atoms with Crippen molar-refractivity contribution in [2.75, 3.05) is 26.7 Å². The summed E-state index contributed by atoms with van der Waals surface area (Å²) in [5, 5.41) is 0. The lowest BCUT2D eigenvalue weighted by Gasteiger charge is -2.25. The van der Waals surface area contributed by atoms with Gasteiger partial charge in [0.25, 0.3) is 5.56 Å². The van der Waals surface area contributed by atoms with Crippen molar-refractivity contribution in [3.63, 3.8) is 0 Å². The molecule has 3 heterocycles. The van der Waals surface area contributed by atoms with Crippen LogP contribution in [0.25, 0.3) is 0 Å². The summed E-state index contributed by atoms with van der Waals surface area (Å²) in [7, 11) is 1.70. The number of aromatic nitrogens is 2. The molecule has 1 aromatic rings. The molecule has 1 aromatic heterocycles. The van der Waals surface area contributed by atoms with Crippen molar-refractivity contribution < 1.29 is 14.3 Å². The highest BCUT2D eigenvalue weighted by atomic mass is 16.6. The molecule has 2 N–H and O–H groups in total. The molecule has 25 heavy (non-hydrogen) atoms. The minimum atomic E-state index is -0.581. The topological polar surface area (TPSA) is 116 Å². The van der Waals surface area contributed by atoms with Gasteiger partial charge in [-0.25, -0.2) is 9.59 Å². The SMILES string of the molecule is Cc1[nH]c(=O)[nH]c(=O)c1CC(=O)N1CCC[C@@]2(CC1)CN(C)C(=O)O2. The van der Waals surface area contributed by atoms with E-state index in [4.69, 9.17) is 4.74 Å². The number of hydrogen-bond donors (Lipinski definition) is 2. The Bertz CT molecular complexity index is 813. The van der Waals surface area contributed by atoms with Gasteiger partial charge in [0.15, 0.2) is 0 Å². The van der Waals surface area contributed by atoms with Crippen molar-refractivity contribution in [1.29, 1.82) is 0 Å². The second-order valence-corrected chi connectivity index (χ2v) is 6.83. The van der Waals surface area contributed by atoms with E-state index in [1.54, 1.807) is 23.8 Å². The minimum Gasteiger partial charge on any atom is -0.441 e. The third-order valence-corrected chi connectivity index (χ3v) is 4.97. The molecule has 0 aliphatic carbocycles. The van der Waals surface area contributed by atoms with Crippen LogP contribution in [0.1, 0.15) is 30.5 Å². The number of nitrogens with zero attached hydrogens (tertiary/aromatic N) is 2. The fourth-order valence-corrected chi connectivity index (χ4v) is 3.57. The molecule has 0 aromatic carbocycles. The van der Waals surface area contributed by atoms with Gasteiger partial charge < -0.3 is 19.5 Å². The Morgan fingerprint density at radius 2 is 1.96 bits per heavy atom. The first kappa shape index (κ1) is 17.2. The summed E-state index contributed by atoms with van der Waals surface area (Å²) >= 11 is 0. The normalized spacial score (nSPS) is 23.7. The zero-order valence-electron chi connectivity index (χ0n) is 14.4. The van der Waals surface area contributed by atoms with Crippen molar-refractivity contribution in [1.82, 2.24) is 19.8 Å². The average Bonchev–Trinajstić information content (AvgIpc) is 2.69. The highest BCUT2D eigenvalue weighted by molar-refractivity contribution is 5.79. The van der Waals surface area contributed by atoms with Gasteiger partial charge in [-0.3, -0.25) is 14.6 Å². The molecule has 0 radical (unpaired) electrons. The van der Waals surface area contributed by atoms with E-state index >= 15 is 0 Å². The smallest absolute Gasteiger partial charge is 0.410 e. The largest absolute Gasteiger partial charge is 0.441 e. The van der Waals surface area contributed by atoms with Gasteiger partial charge in [-0.1, -0.05) is 0 Å². The number of likely N-dealkylation sites (N-methyl/N-ethyl adjacent to an activating group) is 1. The maximum atomic E-state index is 12.6. The van der Waals surface area contributed by atoms with E-state index in [-0.39, 0.29) is 24.0 Å². The molecule has 2 amide bonds. The third-order valence-electron chi connectivity index (χ3n) is 4.97. The molecule has 9 nitrogen and oxygen atoms in total. The number of ether oxygens (including phenoxy) is 1. The number of amides is 2. The number of nitrogens with one attached hydrogen (secondary N) is 2. The standard InChI is InChI=1S/C16H22N4O5/c1-10-11(13(22)18-14(23)17-10)8-12(21)20-6-3-4-16(5-7-20)9-19(2)15(24)25-16/h3-9H2,1-2H3,(H2,17,18,22,23)/t16-/m1/s1. The number of carbonyl (C=O) groups is 2. The van der Waals surface area contributed by atoms with Gasteiger partial charge in [0.05, 0.1) is 13.0 Å². The molecular formula is C16H22N4O5. The predicted octanol–water partition coefficient (Wildman–Crippen LogP) is -0.253. The van der Waals surface area contributed by atoms with Gasteiger partial charge in [-0.2, -0.15) is 0 Å². The molecule has 2 aliphatic rings. The Hall–Kier alpha value is -2.58. The van der Waals surface area contributed by atoms with Gasteiger partial charge in [-0.15, -0.1) is 0 Å². The summed E-state index contributed by atoms with van der Waals surface area (Å²) in [6.45, 7) is 3.17. The number of aromatic amines is 2. The van der Waals surface area contributed by atoms with Gasteiger partial charge in [0.2, 0.25) is 5.91 Å². The highest BCUT2D eigenvalue weighted by Gasteiger charge is 2.44. The number of H-pyrrole nitrogens is 2. The Kier molecular flexibility index (Phi) is 4.40. The Morgan fingerprint density at radius 1 is 1.20 bits per heavy atom. The summed E-state index contributed by atoms with van der Waals surface area (Å²) in [4.78, 5) is 55.3. The fraction of sp³-hybridized carbons (Fsp3) is 0.625. The second-order valence-electron chi connectivity index (χ2n) is 6.83. The monoisotopic (exact) mass is 350 g/mol. The summed E-state index contributed by atoms with van der Waals surface area (Å²) in [6.07, 6.45) is 1.63. The van der Waals surface area contributed by atoms with E-state index < -0.39 is 16.9 Å². The number of aryl methyl sites for hydroxylation is 1. The van der Waals surface area contributed by atoms with Crippen LogP contribution < -0.4 is 11.2 Å². The Labute approximate surface area is 144 Å².